The van der Waals surface area contributed by atoms with Gasteiger partial charge >= 0.3 is 0 Å². The van der Waals surface area contributed by atoms with Gasteiger partial charge in [0.05, 0.1) is 22.1 Å². The van der Waals surface area contributed by atoms with Crippen LogP contribution in [0.4, 0.5) is 51.4 Å². The van der Waals surface area contributed by atoms with Gasteiger partial charge < -0.3 is 18.6 Å². The molecule has 0 radical (unpaired) electrons. The van der Waals surface area contributed by atoms with Crippen LogP contribution < -0.4 is 31.1 Å². The van der Waals surface area contributed by atoms with E-state index in [-0.39, 0.29) is 6.71 Å². The largest absolute Gasteiger partial charge is 0.438 e. The van der Waals surface area contributed by atoms with E-state index in [2.05, 4.69) is 166 Å². The van der Waals surface area contributed by atoms with Crippen LogP contribution in [-0.4, -0.2) is 16.7 Å². The molecule has 0 atom stereocenters. The smallest absolute Gasteiger partial charge is 0.261 e. The molecular weight excluding hydrogens is 737 g/mol. The summed E-state index contributed by atoms with van der Waals surface area (Å²) in [7, 11) is 0. The van der Waals surface area contributed by atoms with Crippen molar-refractivity contribution in [3.05, 3.63) is 182 Å². The molecule has 8 heteroatoms. The van der Waals surface area contributed by atoms with Crippen LogP contribution in [0, 0.1) is 0 Å². The van der Waals surface area contributed by atoms with Crippen molar-refractivity contribution in [2.45, 2.75) is 0 Å². The van der Waals surface area contributed by atoms with Crippen molar-refractivity contribution in [1.29, 1.82) is 0 Å². The number of nitrogens with zero attached hydrogens (tertiary/aromatic N) is 5. The number of anilines is 9. The van der Waals surface area contributed by atoms with Crippen LogP contribution in [0.15, 0.2) is 191 Å². The first-order valence-corrected chi connectivity index (χ1v) is 20.3. The molecule has 0 bridgehead atoms. The second-order valence-corrected chi connectivity index (χ2v) is 15.7. The van der Waals surface area contributed by atoms with E-state index < -0.39 is 0 Å². The number of aromatic nitrogens is 2. The Kier molecular flexibility index (Phi) is 6.25. The molecule has 0 amide bonds. The molecule has 7 aromatic carbocycles. The Balaban J connectivity index is 1.25. The first kappa shape index (κ1) is 31.9. The molecule has 0 spiro atoms. The van der Waals surface area contributed by atoms with E-state index in [1.54, 1.807) is 0 Å². The van der Waals surface area contributed by atoms with Crippen LogP contribution in [0.1, 0.15) is 0 Å². The van der Waals surface area contributed by atoms with Gasteiger partial charge in [0.1, 0.15) is 22.8 Å². The third kappa shape index (κ3) is 4.13. The first-order chi connectivity index (χ1) is 29.8. The van der Waals surface area contributed by atoms with Gasteiger partial charge in [-0.05, 0) is 88.2 Å². The molecule has 0 N–H and O–H groups in total. The van der Waals surface area contributed by atoms with Gasteiger partial charge in [-0.3, -0.25) is 4.90 Å². The number of pyridine rings is 2. The molecule has 0 saturated carbocycles. The summed E-state index contributed by atoms with van der Waals surface area (Å²) in [5.41, 5.74) is 15.8. The lowest BCUT2D eigenvalue weighted by Gasteiger charge is -2.48. The molecule has 0 fully saturated rings. The summed E-state index contributed by atoms with van der Waals surface area (Å²) in [6.07, 6.45) is 0. The Morgan fingerprint density at radius 2 is 0.783 bits per heavy atom. The molecular formula is C52H30BN5O2. The number of hydrogen-bond acceptors (Lipinski definition) is 7. The van der Waals surface area contributed by atoms with Crippen LogP contribution in [-0.2, 0) is 0 Å². The highest BCUT2D eigenvalue weighted by Gasteiger charge is 2.53. The Morgan fingerprint density at radius 1 is 0.383 bits per heavy atom. The summed E-state index contributed by atoms with van der Waals surface area (Å²) >= 11 is 0. The van der Waals surface area contributed by atoms with E-state index in [1.165, 1.54) is 5.46 Å². The quantitative estimate of drug-likeness (QED) is 0.165. The minimum atomic E-state index is -0.245. The zero-order valence-corrected chi connectivity index (χ0v) is 32.0. The fourth-order valence-corrected chi connectivity index (χ4v) is 10.2. The van der Waals surface area contributed by atoms with E-state index in [0.29, 0.717) is 11.4 Å². The van der Waals surface area contributed by atoms with Crippen LogP contribution in [0.3, 0.4) is 0 Å². The molecule has 4 aromatic heterocycles. The van der Waals surface area contributed by atoms with Gasteiger partial charge in [0.2, 0.25) is 11.4 Å². The summed E-state index contributed by atoms with van der Waals surface area (Å²) in [6.45, 7) is -0.245. The zero-order valence-electron chi connectivity index (χ0n) is 32.0. The normalized spacial score (nSPS) is 13.5. The zero-order chi connectivity index (χ0) is 39.1. The average Bonchev–Trinajstić information content (AvgIpc) is 3.88. The van der Waals surface area contributed by atoms with E-state index in [4.69, 9.17) is 18.8 Å². The Morgan fingerprint density at radius 3 is 1.25 bits per heavy atom. The number of hydrogen-bond donors (Lipinski definition) is 0. The summed E-state index contributed by atoms with van der Waals surface area (Å²) < 4.78 is 13.5. The molecule has 60 heavy (non-hydrogen) atoms. The van der Waals surface area contributed by atoms with Gasteiger partial charge in [-0.2, -0.15) is 9.97 Å². The van der Waals surface area contributed by atoms with E-state index >= 15 is 0 Å². The molecule has 0 saturated heterocycles. The molecule has 0 aliphatic carbocycles. The molecule has 3 aliphatic heterocycles. The van der Waals surface area contributed by atoms with E-state index in [9.17, 15) is 0 Å². The van der Waals surface area contributed by atoms with Crippen molar-refractivity contribution in [2.24, 2.45) is 0 Å². The number of benzene rings is 7. The first-order valence-electron chi connectivity index (χ1n) is 20.3. The van der Waals surface area contributed by atoms with Crippen molar-refractivity contribution < 1.29 is 8.83 Å². The van der Waals surface area contributed by atoms with Crippen molar-refractivity contribution in [3.8, 4) is 11.1 Å². The van der Waals surface area contributed by atoms with Gasteiger partial charge in [-0.25, -0.2) is 0 Å². The number of fused-ring (bicyclic) bond motifs is 8. The number of furan rings is 2. The summed E-state index contributed by atoms with van der Waals surface area (Å²) in [4.78, 5) is 18.3. The molecule has 14 rings (SSSR count). The summed E-state index contributed by atoms with van der Waals surface area (Å²) in [6, 6.07) is 64.1. The molecule has 7 nitrogen and oxygen atoms in total. The Hall–Kier alpha value is -8.10. The lowest BCUT2D eigenvalue weighted by Crippen LogP contribution is -2.65. The predicted octanol–water partition coefficient (Wildman–Crippen LogP) is 11.8. The van der Waals surface area contributed by atoms with Crippen LogP contribution >= 0.6 is 0 Å². The fraction of sp³-hybridized carbons (Fsp3) is 0. The summed E-state index contributed by atoms with van der Waals surface area (Å²) in [5, 5.41) is 4.01. The topological polar surface area (TPSA) is 61.8 Å². The maximum absolute atomic E-state index is 6.77. The third-order valence-corrected chi connectivity index (χ3v) is 12.5. The van der Waals surface area contributed by atoms with Gasteiger partial charge in [0.25, 0.3) is 6.71 Å². The second-order valence-electron chi connectivity index (χ2n) is 15.7. The molecule has 0 unspecified atom stereocenters. The fourth-order valence-electron chi connectivity index (χ4n) is 10.2. The van der Waals surface area contributed by atoms with Crippen molar-refractivity contribution >= 4 is 119 Å². The third-order valence-electron chi connectivity index (χ3n) is 12.5. The maximum atomic E-state index is 6.77. The van der Waals surface area contributed by atoms with Crippen LogP contribution in [0.5, 0.6) is 0 Å². The number of para-hydroxylation sites is 5. The van der Waals surface area contributed by atoms with Gasteiger partial charge in [-0.1, -0.05) is 121 Å². The Bertz CT molecular complexity index is 3380. The SMILES string of the molecule is c1ccc(-c2cc3c4c(c2)N(c2ccccc2)c2c5c(nc6oc7ccccc7c26)N(c2ccccc2)c2nc6oc7ccccc7c6c(c2B45)N3c2ccccc2)cc1. The highest BCUT2D eigenvalue weighted by atomic mass is 16.3. The Labute approximate surface area is 344 Å². The monoisotopic (exact) mass is 767 g/mol. The van der Waals surface area contributed by atoms with Gasteiger partial charge in [0, 0.05) is 39.2 Å². The van der Waals surface area contributed by atoms with Crippen LogP contribution in [0.2, 0.25) is 0 Å². The summed E-state index contributed by atoms with van der Waals surface area (Å²) in [5.74, 6) is 1.57. The van der Waals surface area contributed by atoms with Crippen molar-refractivity contribution in [1.82, 2.24) is 9.97 Å². The van der Waals surface area contributed by atoms with Crippen LogP contribution in [0.25, 0.3) is 55.3 Å². The lowest BCUT2D eigenvalue weighted by atomic mass is 9.32. The maximum Gasteiger partial charge on any atom is 0.261 e. The number of rotatable bonds is 4. The average molecular weight is 768 g/mol. The highest BCUT2D eigenvalue weighted by Crippen LogP contribution is 2.54. The predicted molar refractivity (Wildman–Crippen MR) is 244 cm³/mol. The highest BCUT2D eigenvalue weighted by molar-refractivity contribution is 7.03. The van der Waals surface area contributed by atoms with Gasteiger partial charge in [0.15, 0.2) is 0 Å². The van der Waals surface area contributed by atoms with E-state index in [0.717, 1.165) is 106 Å². The van der Waals surface area contributed by atoms with Gasteiger partial charge in [-0.15, -0.1) is 0 Å². The van der Waals surface area contributed by atoms with Crippen molar-refractivity contribution in [3.63, 3.8) is 0 Å². The standard InChI is InChI=1S/C52H30BN5O2/c1-5-17-31(18-6-1)32-29-38-44-39(30-32)57(34-21-9-3-10-22-34)48-43-37-26-14-16-28-41(37)60-52(43)55-50-46(48)53(44)45-47(56(38)33-19-7-2-8-20-33)42-36-25-13-15-27-40(36)59-51(42)54-49(45)58(50)35-23-11-4-12-24-35/h1-30H. The lowest BCUT2D eigenvalue weighted by molar-refractivity contribution is 0.653. The molecule has 7 heterocycles. The van der Waals surface area contributed by atoms with Crippen molar-refractivity contribution in [2.75, 3.05) is 14.7 Å². The minimum absolute atomic E-state index is 0.245. The molecule has 3 aliphatic rings. The van der Waals surface area contributed by atoms with E-state index in [1.807, 2.05) is 30.3 Å². The molecule has 11 aromatic rings. The minimum Gasteiger partial charge on any atom is -0.438 e. The molecule has 278 valence electrons. The second kappa shape index (κ2) is 11.7.